The van der Waals surface area contributed by atoms with Crippen molar-refractivity contribution >= 4 is 5.95 Å². The first-order chi connectivity index (χ1) is 7.64. The van der Waals surface area contributed by atoms with Crippen molar-refractivity contribution < 1.29 is 13.2 Å². The van der Waals surface area contributed by atoms with E-state index in [4.69, 9.17) is 0 Å². The van der Waals surface area contributed by atoms with Gasteiger partial charge in [-0.25, -0.2) is 9.97 Å². The Labute approximate surface area is 98.5 Å². The largest absolute Gasteiger partial charge is 0.433 e. The van der Waals surface area contributed by atoms with E-state index in [2.05, 4.69) is 15.3 Å². The molecule has 0 bridgehead atoms. The van der Waals surface area contributed by atoms with Gasteiger partial charge >= 0.3 is 6.18 Å². The van der Waals surface area contributed by atoms with E-state index in [1.807, 2.05) is 20.8 Å². The Morgan fingerprint density at radius 2 is 1.65 bits per heavy atom. The zero-order valence-electron chi connectivity index (χ0n) is 10.3. The van der Waals surface area contributed by atoms with Gasteiger partial charge in [0, 0.05) is 12.0 Å². The van der Waals surface area contributed by atoms with Crippen LogP contribution in [0.5, 0.6) is 0 Å². The summed E-state index contributed by atoms with van der Waals surface area (Å²) < 4.78 is 38.0. The minimum Gasteiger partial charge on any atom is -0.354 e. The number of rotatable bonds is 2. The molecule has 1 aromatic heterocycles. The van der Waals surface area contributed by atoms with Crippen LogP contribution in [0.3, 0.4) is 0 Å². The van der Waals surface area contributed by atoms with Gasteiger partial charge in [0.1, 0.15) is 5.69 Å². The van der Waals surface area contributed by atoms with Gasteiger partial charge in [0.05, 0.1) is 5.69 Å². The lowest BCUT2D eigenvalue weighted by molar-refractivity contribution is -0.141. The van der Waals surface area contributed by atoms with Crippen LogP contribution in [-0.2, 0) is 11.6 Å². The van der Waals surface area contributed by atoms with Gasteiger partial charge in [0.15, 0.2) is 0 Å². The number of nitrogens with zero attached hydrogens (tertiary/aromatic N) is 2. The van der Waals surface area contributed by atoms with Crippen molar-refractivity contribution in [3.05, 3.63) is 17.5 Å². The number of anilines is 1. The van der Waals surface area contributed by atoms with Crippen LogP contribution in [0.1, 0.15) is 39.1 Å². The fourth-order valence-electron chi connectivity index (χ4n) is 1.21. The molecule has 17 heavy (non-hydrogen) atoms. The van der Waals surface area contributed by atoms with Gasteiger partial charge in [-0.3, -0.25) is 0 Å². The Balaban J connectivity index is 3.29. The Kier molecular flexibility index (Phi) is 3.64. The summed E-state index contributed by atoms with van der Waals surface area (Å²) in [6.45, 7) is 7.69. The second-order valence-corrected chi connectivity index (χ2v) is 4.74. The third-order valence-corrected chi connectivity index (χ3v) is 2.12. The van der Waals surface area contributed by atoms with Gasteiger partial charge in [-0.2, -0.15) is 13.2 Å². The van der Waals surface area contributed by atoms with Crippen LogP contribution < -0.4 is 5.32 Å². The molecule has 3 nitrogen and oxygen atoms in total. The summed E-state index contributed by atoms with van der Waals surface area (Å²) in [7, 11) is 0. The fourth-order valence-corrected chi connectivity index (χ4v) is 1.21. The van der Waals surface area contributed by atoms with Crippen LogP contribution in [0.2, 0.25) is 0 Å². The van der Waals surface area contributed by atoms with Crippen molar-refractivity contribution in [3.8, 4) is 0 Å². The average Bonchev–Trinajstić information content (AvgIpc) is 2.15. The molecule has 1 aromatic rings. The Morgan fingerprint density at radius 1 is 1.12 bits per heavy atom. The Bertz CT molecular complexity index is 362. The van der Waals surface area contributed by atoms with Crippen molar-refractivity contribution in [1.29, 1.82) is 0 Å². The second-order valence-electron chi connectivity index (χ2n) is 4.74. The van der Waals surface area contributed by atoms with Crippen LogP contribution >= 0.6 is 0 Å². The predicted molar refractivity (Wildman–Crippen MR) is 59.9 cm³/mol. The van der Waals surface area contributed by atoms with E-state index in [9.17, 15) is 13.2 Å². The number of hydrogen-bond acceptors (Lipinski definition) is 3. The van der Waals surface area contributed by atoms with Crippen molar-refractivity contribution in [2.45, 2.75) is 39.3 Å². The molecule has 6 heteroatoms. The van der Waals surface area contributed by atoms with Crippen molar-refractivity contribution in [2.24, 2.45) is 0 Å². The average molecular weight is 247 g/mol. The molecule has 0 radical (unpaired) electrons. The summed E-state index contributed by atoms with van der Waals surface area (Å²) >= 11 is 0. The molecule has 0 unspecified atom stereocenters. The third-order valence-electron chi connectivity index (χ3n) is 2.12. The zero-order chi connectivity index (χ0) is 13.3. The van der Waals surface area contributed by atoms with Crippen molar-refractivity contribution in [2.75, 3.05) is 11.9 Å². The fraction of sp³-hybridized carbons (Fsp3) is 0.636. The lowest BCUT2D eigenvalue weighted by atomic mass is 9.91. The molecular formula is C11H16F3N3. The van der Waals surface area contributed by atoms with Gasteiger partial charge in [-0.1, -0.05) is 20.8 Å². The van der Waals surface area contributed by atoms with Crippen molar-refractivity contribution in [3.63, 3.8) is 0 Å². The molecule has 0 aromatic carbocycles. The molecule has 1 rings (SSSR count). The summed E-state index contributed by atoms with van der Waals surface area (Å²) in [5.41, 5.74) is -0.989. The predicted octanol–water partition coefficient (Wildman–Crippen LogP) is 3.22. The van der Waals surface area contributed by atoms with Crippen LogP contribution in [0.25, 0.3) is 0 Å². The van der Waals surface area contributed by atoms with Crippen LogP contribution in [0.15, 0.2) is 6.07 Å². The van der Waals surface area contributed by atoms with E-state index < -0.39 is 17.3 Å². The van der Waals surface area contributed by atoms with E-state index in [1.165, 1.54) is 0 Å². The highest BCUT2D eigenvalue weighted by Gasteiger charge is 2.34. The number of halogens is 3. The first kappa shape index (κ1) is 13.7. The zero-order valence-corrected chi connectivity index (χ0v) is 10.3. The third kappa shape index (κ3) is 3.57. The maximum Gasteiger partial charge on any atom is 0.433 e. The van der Waals surface area contributed by atoms with Gasteiger partial charge in [-0.15, -0.1) is 0 Å². The molecule has 0 spiro atoms. The first-order valence-corrected chi connectivity index (χ1v) is 5.35. The summed E-state index contributed by atoms with van der Waals surface area (Å²) in [5, 5.41) is 2.71. The summed E-state index contributed by atoms with van der Waals surface area (Å²) in [6, 6.07) is 1.00. The normalized spacial score (nSPS) is 12.6. The molecule has 96 valence electrons. The summed E-state index contributed by atoms with van der Waals surface area (Å²) in [4.78, 5) is 7.55. The second kappa shape index (κ2) is 4.50. The maximum atomic E-state index is 12.7. The highest BCUT2D eigenvalue weighted by Crippen LogP contribution is 2.31. The van der Waals surface area contributed by atoms with Gasteiger partial charge in [-0.05, 0) is 13.0 Å². The molecular weight excluding hydrogens is 231 g/mol. The SMILES string of the molecule is CCNc1nc(C(C)(C)C)cc(C(F)(F)F)n1. The van der Waals surface area contributed by atoms with Gasteiger partial charge in [0.2, 0.25) is 5.95 Å². The van der Waals surface area contributed by atoms with E-state index in [1.54, 1.807) is 6.92 Å². The molecule has 0 amide bonds. The van der Waals surface area contributed by atoms with Crippen LogP contribution in [-0.4, -0.2) is 16.5 Å². The molecule has 0 aliphatic rings. The Hall–Kier alpha value is -1.33. The van der Waals surface area contributed by atoms with Gasteiger partial charge in [0.25, 0.3) is 0 Å². The van der Waals surface area contributed by atoms with Crippen molar-refractivity contribution in [1.82, 2.24) is 9.97 Å². The monoisotopic (exact) mass is 247 g/mol. The lowest BCUT2D eigenvalue weighted by Crippen LogP contribution is -2.19. The molecule has 1 N–H and O–H groups in total. The quantitative estimate of drug-likeness (QED) is 0.871. The highest BCUT2D eigenvalue weighted by molar-refractivity contribution is 5.31. The van der Waals surface area contributed by atoms with E-state index in [0.29, 0.717) is 12.2 Å². The van der Waals surface area contributed by atoms with Crippen LogP contribution in [0, 0.1) is 0 Å². The summed E-state index contributed by atoms with van der Waals surface area (Å²) in [6.07, 6.45) is -4.45. The topological polar surface area (TPSA) is 37.8 Å². The standard InChI is InChI=1S/C11H16F3N3/c1-5-15-9-16-7(10(2,3)4)6-8(17-9)11(12,13)14/h6H,5H2,1-4H3,(H,15,16,17). The Morgan fingerprint density at radius 3 is 2.06 bits per heavy atom. The molecule has 0 saturated carbocycles. The lowest BCUT2D eigenvalue weighted by Gasteiger charge is -2.20. The number of nitrogens with one attached hydrogen (secondary N) is 1. The molecule has 0 aliphatic carbocycles. The van der Waals surface area contributed by atoms with E-state index in [0.717, 1.165) is 6.07 Å². The van der Waals surface area contributed by atoms with E-state index >= 15 is 0 Å². The molecule has 0 fully saturated rings. The van der Waals surface area contributed by atoms with Crippen LogP contribution in [0.4, 0.5) is 19.1 Å². The smallest absolute Gasteiger partial charge is 0.354 e. The number of aromatic nitrogens is 2. The minimum absolute atomic E-state index is 0.0206. The molecule has 0 saturated heterocycles. The molecule has 0 atom stereocenters. The summed E-state index contributed by atoms with van der Waals surface area (Å²) in [5.74, 6) is 0.0206. The van der Waals surface area contributed by atoms with E-state index in [-0.39, 0.29) is 5.95 Å². The maximum absolute atomic E-state index is 12.7. The molecule has 1 heterocycles. The number of alkyl halides is 3. The highest BCUT2D eigenvalue weighted by atomic mass is 19.4. The minimum atomic E-state index is -4.45. The molecule has 0 aliphatic heterocycles. The first-order valence-electron chi connectivity index (χ1n) is 5.35. The van der Waals surface area contributed by atoms with Gasteiger partial charge < -0.3 is 5.32 Å². The number of hydrogen-bond donors (Lipinski definition) is 1.